The van der Waals surface area contributed by atoms with Crippen molar-refractivity contribution >= 4 is 29.6 Å². The lowest BCUT2D eigenvalue weighted by Gasteiger charge is -2.10. The molecule has 0 aliphatic rings. The Labute approximate surface area is 222 Å². The predicted octanol–water partition coefficient (Wildman–Crippen LogP) is 7.71. The first-order valence-electron chi connectivity index (χ1n) is 12.3. The molecule has 0 fully saturated rings. The molecule has 35 heavy (non-hydrogen) atoms. The van der Waals surface area contributed by atoms with Crippen LogP contribution in [-0.4, -0.2) is 34.6 Å². The maximum atomic E-state index is 8.81. The molecule has 0 unspecified atom stereocenters. The summed E-state index contributed by atoms with van der Waals surface area (Å²) in [4.78, 5) is 8.81. The molecule has 0 bridgehead atoms. The van der Waals surface area contributed by atoms with Gasteiger partial charge in [0.15, 0.2) is 5.16 Å². The molecular weight excluding hydrogens is 476 g/mol. The number of nitrogens with zero attached hydrogens (tertiary/aromatic N) is 3. The molecular formula is C28H43ClN4OS. The highest BCUT2D eigenvalue weighted by atomic mass is 35.5. The summed E-state index contributed by atoms with van der Waals surface area (Å²) in [6.07, 6.45) is 5.15. The largest absolute Gasteiger partial charge is 0.320 e. The lowest BCUT2D eigenvalue weighted by atomic mass is 10.2. The van der Waals surface area contributed by atoms with E-state index in [9.17, 15) is 0 Å². The molecule has 0 aliphatic carbocycles. The van der Waals surface area contributed by atoms with Crippen molar-refractivity contribution in [2.45, 2.75) is 78.1 Å². The maximum Gasteiger partial charge on any atom is 0.196 e. The summed E-state index contributed by atoms with van der Waals surface area (Å²) in [7, 11) is 1.93. The molecule has 1 heterocycles. The van der Waals surface area contributed by atoms with Gasteiger partial charge in [-0.2, -0.15) is 0 Å². The van der Waals surface area contributed by atoms with Gasteiger partial charge in [0.1, 0.15) is 12.1 Å². The van der Waals surface area contributed by atoms with E-state index < -0.39 is 0 Å². The van der Waals surface area contributed by atoms with Gasteiger partial charge in [0.2, 0.25) is 0 Å². The molecule has 194 valence electrons. The Hall–Kier alpha value is -2.15. The van der Waals surface area contributed by atoms with Crippen LogP contribution < -0.4 is 5.32 Å². The monoisotopic (exact) mass is 518 g/mol. The predicted molar refractivity (Wildman–Crippen MR) is 153 cm³/mol. The van der Waals surface area contributed by atoms with Crippen molar-refractivity contribution in [2.24, 2.45) is 0 Å². The first kappa shape index (κ1) is 32.8. The quantitative estimate of drug-likeness (QED) is 0.244. The summed E-state index contributed by atoms with van der Waals surface area (Å²) in [6, 6.07) is 16.5. The molecule has 0 radical (unpaired) electrons. The van der Waals surface area contributed by atoms with Crippen molar-refractivity contribution < 1.29 is 4.79 Å². The maximum absolute atomic E-state index is 8.81. The van der Waals surface area contributed by atoms with Gasteiger partial charge in [-0.1, -0.05) is 99.8 Å². The minimum Gasteiger partial charge on any atom is -0.320 e. The molecule has 1 aromatic heterocycles. The van der Waals surface area contributed by atoms with Gasteiger partial charge in [0.25, 0.3) is 0 Å². The number of halogens is 1. The highest BCUT2D eigenvalue weighted by Crippen LogP contribution is 2.27. The Morgan fingerprint density at radius 1 is 1.06 bits per heavy atom. The van der Waals surface area contributed by atoms with Crippen molar-refractivity contribution in [1.82, 2.24) is 20.1 Å². The lowest BCUT2D eigenvalue weighted by Crippen LogP contribution is -2.03. The number of rotatable bonds is 8. The SMILES string of the molecule is CC=O.CCC.CCCCc1nnc(SCc2ccc(C)cc2)n1-c1cccc(Cl)c1.CCNC. The minimum atomic E-state index is 0.724. The van der Waals surface area contributed by atoms with Crippen LogP contribution in [-0.2, 0) is 17.0 Å². The number of thioether (sulfide) groups is 1. The minimum absolute atomic E-state index is 0.724. The van der Waals surface area contributed by atoms with E-state index in [-0.39, 0.29) is 0 Å². The average molecular weight is 519 g/mol. The topological polar surface area (TPSA) is 59.8 Å². The van der Waals surface area contributed by atoms with Gasteiger partial charge in [0, 0.05) is 17.2 Å². The van der Waals surface area contributed by atoms with E-state index in [2.05, 4.69) is 85.0 Å². The molecule has 0 atom stereocenters. The molecule has 0 saturated heterocycles. The van der Waals surface area contributed by atoms with Crippen molar-refractivity contribution in [3.8, 4) is 5.69 Å². The van der Waals surface area contributed by atoms with Crippen LogP contribution in [0.15, 0.2) is 53.7 Å². The molecule has 0 amide bonds. The van der Waals surface area contributed by atoms with Crippen molar-refractivity contribution in [3.05, 3.63) is 70.5 Å². The number of carbonyl (C=O) groups is 1. The van der Waals surface area contributed by atoms with Gasteiger partial charge < -0.3 is 10.1 Å². The number of hydrogen-bond acceptors (Lipinski definition) is 5. The highest BCUT2D eigenvalue weighted by molar-refractivity contribution is 7.98. The first-order valence-corrected chi connectivity index (χ1v) is 13.7. The Morgan fingerprint density at radius 3 is 2.17 bits per heavy atom. The van der Waals surface area contributed by atoms with Crippen LogP contribution in [0.4, 0.5) is 0 Å². The zero-order chi connectivity index (χ0) is 26.5. The van der Waals surface area contributed by atoms with Crippen LogP contribution in [0.25, 0.3) is 5.69 Å². The van der Waals surface area contributed by atoms with E-state index in [1.54, 1.807) is 11.8 Å². The highest BCUT2D eigenvalue weighted by Gasteiger charge is 2.14. The zero-order valence-electron chi connectivity index (χ0n) is 22.5. The molecule has 0 aliphatic heterocycles. The summed E-state index contributed by atoms with van der Waals surface area (Å²) >= 11 is 7.90. The number of unbranched alkanes of at least 4 members (excludes halogenated alkanes) is 1. The number of nitrogens with one attached hydrogen (secondary N) is 1. The van der Waals surface area contributed by atoms with Crippen molar-refractivity contribution in [1.29, 1.82) is 0 Å². The number of aryl methyl sites for hydroxylation is 2. The number of aromatic nitrogens is 3. The summed E-state index contributed by atoms with van der Waals surface area (Å²) in [5.41, 5.74) is 3.58. The van der Waals surface area contributed by atoms with E-state index in [0.717, 1.165) is 59.5 Å². The van der Waals surface area contributed by atoms with Gasteiger partial charge in [-0.25, -0.2) is 0 Å². The summed E-state index contributed by atoms with van der Waals surface area (Å²) in [5.74, 6) is 1.86. The summed E-state index contributed by atoms with van der Waals surface area (Å²) in [5, 5.41) is 13.4. The van der Waals surface area contributed by atoms with Crippen LogP contribution >= 0.6 is 23.4 Å². The molecule has 3 rings (SSSR count). The van der Waals surface area contributed by atoms with Gasteiger partial charge >= 0.3 is 0 Å². The fraction of sp³-hybridized carbons (Fsp3) is 0.464. The second kappa shape index (κ2) is 21.2. The Morgan fingerprint density at radius 2 is 1.66 bits per heavy atom. The van der Waals surface area contributed by atoms with Gasteiger partial charge in [0.05, 0.1) is 5.69 Å². The molecule has 7 heteroatoms. The van der Waals surface area contributed by atoms with Gasteiger partial charge in [-0.15, -0.1) is 10.2 Å². The van der Waals surface area contributed by atoms with Gasteiger partial charge in [-0.05, 0) is 57.6 Å². The molecule has 0 spiro atoms. The second-order valence-electron chi connectivity index (χ2n) is 7.74. The van der Waals surface area contributed by atoms with Crippen LogP contribution in [0, 0.1) is 6.92 Å². The van der Waals surface area contributed by atoms with E-state index in [0.29, 0.717) is 0 Å². The van der Waals surface area contributed by atoms with Crippen LogP contribution in [0.1, 0.15) is 70.8 Å². The molecule has 0 saturated carbocycles. The number of benzene rings is 2. The normalized spacial score (nSPS) is 9.60. The average Bonchev–Trinajstić information content (AvgIpc) is 3.26. The van der Waals surface area contributed by atoms with Crippen LogP contribution in [0.5, 0.6) is 0 Å². The van der Waals surface area contributed by atoms with E-state index in [4.69, 9.17) is 16.4 Å². The van der Waals surface area contributed by atoms with Crippen molar-refractivity contribution in [2.75, 3.05) is 13.6 Å². The third kappa shape index (κ3) is 14.1. The molecule has 5 nitrogen and oxygen atoms in total. The van der Waals surface area contributed by atoms with E-state index >= 15 is 0 Å². The fourth-order valence-corrected chi connectivity index (χ4v) is 3.71. The number of carbonyl (C=O) groups excluding carboxylic acids is 1. The summed E-state index contributed by atoms with van der Waals surface area (Å²) < 4.78 is 2.14. The van der Waals surface area contributed by atoms with Gasteiger partial charge in [-0.3, -0.25) is 4.57 Å². The standard InChI is InChI=1S/C20H22ClN3S.C3H9N.C3H8.C2H4O/c1-3-4-8-19-22-23-20(24(19)18-7-5-6-17(21)13-18)25-14-16-11-9-15(2)10-12-16;1-3-4-2;1-3-2;1-2-3/h5-7,9-13H,3-4,8,14H2,1-2H3;4H,3H2,1-2H3;3H2,1-2H3;2H,1H3. The van der Waals surface area contributed by atoms with Crippen LogP contribution in [0.2, 0.25) is 5.02 Å². The third-order valence-electron chi connectivity index (χ3n) is 4.36. The zero-order valence-corrected chi connectivity index (χ0v) is 24.0. The van der Waals surface area contributed by atoms with E-state index in [1.807, 2.05) is 25.2 Å². The lowest BCUT2D eigenvalue weighted by molar-refractivity contribution is -0.106. The molecule has 1 N–H and O–H groups in total. The molecule has 2 aromatic carbocycles. The second-order valence-corrected chi connectivity index (χ2v) is 9.12. The Bertz CT molecular complexity index is 927. The third-order valence-corrected chi connectivity index (χ3v) is 5.60. The number of aldehydes is 1. The smallest absolute Gasteiger partial charge is 0.196 e. The fourth-order valence-electron chi connectivity index (χ4n) is 2.60. The first-order chi connectivity index (χ1) is 16.9. The summed E-state index contributed by atoms with van der Waals surface area (Å²) in [6.45, 7) is 13.1. The Balaban J connectivity index is 0.000000993. The van der Waals surface area contributed by atoms with E-state index in [1.165, 1.54) is 24.5 Å². The van der Waals surface area contributed by atoms with Crippen molar-refractivity contribution in [3.63, 3.8) is 0 Å². The molecule has 3 aromatic rings. The number of hydrogen-bond donors (Lipinski definition) is 1. The van der Waals surface area contributed by atoms with Crippen LogP contribution in [0.3, 0.4) is 0 Å². The Kier molecular flexibility index (Phi) is 19.9.